The third-order valence-electron chi connectivity index (χ3n) is 3.61. The average molecular weight is 356 g/mol. The quantitative estimate of drug-likeness (QED) is 0.814. The molecule has 2 rings (SSSR count). The Kier molecular flexibility index (Phi) is 4.99. The minimum Gasteiger partial charge on any atom is -0.389 e. The zero-order valence-corrected chi connectivity index (χ0v) is 13.8. The van der Waals surface area contributed by atoms with E-state index < -0.39 is 0 Å². The van der Waals surface area contributed by atoms with Gasteiger partial charge in [0.15, 0.2) is 0 Å². The normalized spacial score (nSPS) is 18.7. The molecule has 4 nitrogen and oxygen atoms in total. The number of thiocarbonyl (C=S) groups is 1. The van der Waals surface area contributed by atoms with Crippen molar-refractivity contribution in [2.24, 2.45) is 11.7 Å². The fourth-order valence-electron chi connectivity index (χ4n) is 2.53. The van der Waals surface area contributed by atoms with Gasteiger partial charge in [0.25, 0.3) is 0 Å². The standard InChI is InChI=1S/C14H18BrN3OS/c1-17-14(19)10-3-2-6-18(8-10)12-5-4-9(13(16)20)7-11(12)15/h4-5,7,10H,2-3,6,8H2,1H3,(H2,16,20)(H,17,19). The maximum absolute atomic E-state index is 11.8. The molecule has 0 spiro atoms. The van der Waals surface area contributed by atoms with Crippen LogP contribution in [0.4, 0.5) is 5.69 Å². The van der Waals surface area contributed by atoms with Gasteiger partial charge in [-0.15, -0.1) is 0 Å². The summed E-state index contributed by atoms with van der Waals surface area (Å²) in [6.45, 7) is 1.70. The van der Waals surface area contributed by atoms with Crippen LogP contribution in [0.3, 0.4) is 0 Å². The second kappa shape index (κ2) is 6.54. The highest BCUT2D eigenvalue weighted by molar-refractivity contribution is 9.10. The molecule has 0 bridgehead atoms. The van der Waals surface area contributed by atoms with Gasteiger partial charge in [-0.3, -0.25) is 4.79 Å². The Balaban J connectivity index is 2.19. The van der Waals surface area contributed by atoms with E-state index in [9.17, 15) is 4.79 Å². The van der Waals surface area contributed by atoms with Crippen LogP contribution in [0.1, 0.15) is 18.4 Å². The van der Waals surface area contributed by atoms with Gasteiger partial charge in [-0.2, -0.15) is 0 Å². The van der Waals surface area contributed by atoms with Gasteiger partial charge >= 0.3 is 0 Å². The molecular formula is C14H18BrN3OS. The third-order valence-corrected chi connectivity index (χ3v) is 4.48. The number of nitrogens with zero attached hydrogens (tertiary/aromatic N) is 1. The van der Waals surface area contributed by atoms with Crippen LogP contribution >= 0.6 is 28.1 Å². The average Bonchev–Trinajstić information content (AvgIpc) is 2.46. The molecule has 6 heteroatoms. The van der Waals surface area contributed by atoms with Crippen LogP contribution in [0.25, 0.3) is 0 Å². The molecule has 1 unspecified atom stereocenters. The number of nitrogens with two attached hydrogens (primary N) is 1. The van der Waals surface area contributed by atoms with E-state index in [0.29, 0.717) is 4.99 Å². The van der Waals surface area contributed by atoms with Crippen LogP contribution in [0.5, 0.6) is 0 Å². The Morgan fingerprint density at radius 2 is 2.30 bits per heavy atom. The van der Waals surface area contributed by atoms with Crippen molar-refractivity contribution in [3.8, 4) is 0 Å². The molecule has 0 aromatic heterocycles. The first-order chi connectivity index (χ1) is 9.52. The zero-order valence-electron chi connectivity index (χ0n) is 11.4. The van der Waals surface area contributed by atoms with E-state index in [1.165, 1.54) is 0 Å². The van der Waals surface area contributed by atoms with Gasteiger partial charge in [-0.25, -0.2) is 0 Å². The van der Waals surface area contributed by atoms with E-state index in [4.69, 9.17) is 18.0 Å². The Hall–Kier alpha value is -1.14. The minimum absolute atomic E-state index is 0.0518. The molecule has 1 atom stereocenters. The number of hydrogen-bond donors (Lipinski definition) is 2. The van der Waals surface area contributed by atoms with Gasteiger partial charge in [-0.1, -0.05) is 12.2 Å². The van der Waals surface area contributed by atoms with Crippen molar-refractivity contribution in [2.75, 3.05) is 25.0 Å². The molecule has 0 saturated carbocycles. The van der Waals surface area contributed by atoms with E-state index in [1.807, 2.05) is 18.2 Å². The van der Waals surface area contributed by atoms with Crippen LogP contribution in [-0.2, 0) is 4.79 Å². The number of rotatable bonds is 3. The Morgan fingerprint density at radius 3 is 2.90 bits per heavy atom. The molecule has 1 amide bonds. The van der Waals surface area contributed by atoms with E-state index in [-0.39, 0.29) is 11.8 Å². The maximum atomic E-state index is 11.8. The number of carbonyl (C=O) groups is 1. The molecule has 1 saturated heterocycles. The van der Waals surface area contributed by atoms with Gasteiger partial charge in [0, 0.05) is 30.2 Å². The summed E-state index contributed by atoms with van der Waals surface area (Å²) >= 11 is 8.55. The number of hydrogen-bond acceptors (Lipinski definition) is 3. The monoisotopic (exact) mass is 355 g/mol. The van der Waals surface area contributed by atoms with E-state index in [2.05, 4.69) is 26.1 Å². The van der Waals surface area contributed by atoms with Gasteiger partial charge < -0.3 is 16.0 Å². The topological polar surface area (TPSA) is 58.4 Å². The molecule has 1 aromatic rings. The summed E-state index contributed by atoms with van der Waals surface area (Å²) in [5, 5.41) is 2.73. The highest BCUT2D eigenvalue weighted by Gasteiger charge is 2.26. The molecule has 1 aromatic carbocycles. The number of anilines is 1. The molecule has 0 radical (unpaired) electrons. The van der Waals surface area contributed by atoms with E-state index in [0.717, 1.165) is 41.7 Å². The van der Waals surface area contributed by atoms with Crippen molar-refractivity contribution in [1.29, 1.82) is 0 Å². The zero-order chi connectivity index (χ0) is 14.7. The highest BCUT2D eigenvalue weighted by atomic mass is 79.9. The summed E-state index contributed by atoms with van der Waals surface area (Å²) in [6.07, 6.45) is 1.96. The van der Waals surface area contributed by atoms with Gasteiger partial charge in [-0.05, 0) is 47.0 Å². The second-order valence-electron chi connectivity index (χ2n) is 4.93. The molecule has 1 heterocycles. The highest BCUT2D eigenvalue weighted by Crippen LogP contribution is 2.31. The predicted molar refractivity (Wildman–Crippen MR) is 89.0 cm³/mol. The fraction of sp³-hybridized carbons (Fsp3) is 0.429. The first kappa shape index (κ1) is 15.3. The summed E-state index contributed by atoms with van der Waals surface area (Å²) in [6, 6.07) is 5.86. The smallest absolute Gasteiger partial charge is 0.224 e. The van der Waals surface area contributed by atoms with Crippen molar-refractivity contribution in [2.45, 2.75) is 12.8 Å². The summed E-state index contributed by atoms with van der Waals surface area (Å²) in [7, 11) is 1.69. The molecule has 108 valence electrons. The number of carbonyl (C=O) groups excluding carboxylic acids is 1. The summed E-state index contributed by atoms with van der Waals surface area (Å²) < 4.78 is 0.959. The van der Waals surface area contributed by atoms with Gasteiger partial charge in [0.1, 0.15) is 4.99 Å². The molecule has 1 aliphatic heterocycles. The van der Waals surface area contributed by atoms with Gasteiger partial charge in [0.05, 0.1) is 11.6 Å². The lowest BCUT2D eigenvalue weighted by molar-refractivity contribution is -0.124. The lowest BCUT2D eigenvalue weighted by Gasteiger charge is -2.34. The summed E-state index contributed by atoms with van der Waals surface area (Å²) in [5.41, 5.74) is 7.56. The predicted octanol–water partition coefficient (Wildman–Crippen LogP) is 2.05. The number of benzene rings is 1. The van der Waals surface area contributed by atoms with Crippen LogP contribution in [-0.4, -0.2) is 31.0 Å². The van der Waals surface area contributed by atoms with Crippen molar-refractivity contribution in [3.05, 3.63) is 28.2 Å². The van der Waals surface area contributed by atoms with Gasteiger partial charge in [0.2, 0.25) is 5.91 Å². The van der Waals surface area contributed by atoms with Crippen molar-refractivity contribution < 1.29 is 4.79 Å². The Labute approximate surface area is 132 Å². The molecule has 20 heavy (non-hydrogen) atoms. The van der Waals surface area contributed by atoms with E-state index in [1.54, 1.807) is 7.05 Å². The van der Waals surface area contributed by atoms with Crippen LogP contribution in [0, 0.1) is 5.92 Å². The fourth-order valence-corrected chi connectivity index (χ4v) is 3.29. The Morgan fingerprint density at radius 1 is 1.55 bits per heavy atom. The molecular weight excluding hydrogens is 338 g/mol. The molecule has 3 N–H and O–H groups in total. The first-order valence-electron chi connectivity index (χ1n) is 6.59. The second-order valence-corrected chi connectivity index (χ2v) is 6.22. The molecule has 1 fully saturated rings. The van der Waals surface area contributed by atoms with Crippen LogP contribution < -0.4 is 16.0 Å². The number of piperidine rings is 1. The van der Waals surface area contributed by atoms with Crippen LogP contribution in [0.15, 0.2) is 22.7 Å². The number of nitrogens with one attached hydrogen (secondary N) is 1. The lowest BCUT2D eigenvalue weighted by atomic mass is 9.96. The van der Waals surface area contributed by atoms with Crippen molar-refractivity contribution in [3.63, 3.8) is 0 Å². The van der Waals surface area contributed by atoms with Crippen LogP contribution in [0.2, 0.25) is 0 Å². The maximum Gasteiger partial charge on any atom is 0.224 e. The summed E-state index contributed by atoms with van der Waals surface area (Å²) in [4.78, 5) is 14.4. The number of amides is 1. The molecule has 0 aliphatic carbocycles. The summed E-state index contributed by atoms with van der Waals surface area (Å²) in [5.74, 6) is 0.168. The minimum atomic E-state index is 0.0518. The van der Waals surface area contributed by atoms with E-state index >= 15 is 0 Å². The lowest BCUT2D eigenvalue weighted by Crippen LogP contribution is -2.42. The first-order valence-corrected chi connectivity index (χ1v) is 7.79. The molecule has 1 aliphatic rings. The number of halogens is 1. The largest absolute Gasteiger partial charge is 0.389 e. The SMILES string of the molecule is CNC(=O)C1CCCN(c2ccc(C(N)=S)cc2Br)C1. The Bertz CT molecular complexity index is 535. The van der Waals surface area contributed by atoms with Crippen molar-refractivity contribution in [1.82, 2.24) is 5.32 Å². The third kappa shape index (κ3) is 3.30. The van der Waals surface area contributed by atoms with Crippen molar-refractivity contribution >= 4 is 44.7 Å².